The van der Waals surface area contributed by atoms with Crippen LogP contribution in [0.2, 0.25) is 0 Å². The normalized spacial score (nSPS) is 17.2. The lowest BCUT2D eigenvalue weighted by Gasteiger charge is -2.21. The summed E-state index contributed by atoms with van der Waals surface area (Å²) >= 11 is 0. The van der Waals surface area contributed by atoms with Crippen molar-refractivity contribution in [2.24, 2.45) is 0 Å². The zero-order valence-corrected chi connectivity index (χ0v) is 11.8. The average molecular weight is 275 g/mol. The van der Waals surface area contributed by atoms with E-state index in [1.165, 1.54) is 0 Å². The van der Waals surface area contributed by atoms with Crippen molar-refractivity contribution in [3.05, 3.63) is 35.9 Å². The van der Waals surface area contributed by atoms with E-state index in [2.05, 4.69) is 5.32 Å². The van der Waals surface area contributed by atoms with Crippen LogP contribution >= 0.6 is 0 Å². The highest BCUT2D eigenvalue weighted by atomic mass is 16.4. The van der Waals surface area contributed by atoms with Gasteiger partial charge in [0.25, 0.3) is 0 Å². The van der Waals surface area contributed by atoms with E-state index < -0.39 is 11.4 Å². The zero-order chi connectivity index (χ0) is 14.6. The Morgan fingerprint density at radius 2 is 1.95 bits per heavy atom. The van der Waals surface area contributed by atoms with Gasteiger partial charge in [-0.1, -0.05) is 43.7 Å². The number of carboxylic acids is 1. The fourth-order valence-corrected chi connectivity index (χ4v) is 2.64. The molecule has 1 aliphatic carbocycles. The zero-order valence-electron chi connectivity index (χ0n) is 11.8. The Hall–Kier alpha value is -1.84. The molecule has 1 fully saturated rings. The predicted octanol–water partition coefficient (Wildman–Crippen LogP) is 2.48. The summed E-state index contributed by atoms with van der Waals surface area (Å²) in [5, 5.41) is 11.8. The number of benzene rings is 1. The largest absolute Gasteiger partial charge is 0.481 e. The Balaban J connectivity index is 2.05. The summed E-state index contributed by atoms with van der Waals surface area (Å²) in [4.78, 5) is 23.3. The monoisotopic (exact) mass is 275 g/mol. The standard InChI is InChI=1S/C16H21NO3/c1-2-6-13(11-14(18)19)17-15(20)16(9-10-16)12-7-4-3-5-8-12/h3-5,7-8,13H,2,6,9-11H2,1H3,(H,17,20)(H,18,19). The predicted molar refractivity (Wildman–Crippen MR) is 76.4 cm³/mol. The first kappa shape index (κ1) is 14.6. The quantitative estimate of drug-likeness (QED) is 0.803. The number of amides is 1. The van der Waals surface area contributed by atoms with Gasteiger partial charge in [-0.25, -0.2) is 0 Å². The molecule has 4 nitrogen and oxygen atoms in total. The highest BCUT2D eigenvalue weighted by Crippen LogP contribution is 2.48. The van der Waals surface area contributed by atoms with Gasteiger partial charge < -0.3 is 10.4 Å². The highest BCUT2D eigenvalue weighted by Gasteiger charge is 2.51. The second-order valence-corrected chi connectivity index (χ2v) is 5.51. The maximum Gasteiger partial charge on any atom is 0.305 e. The number of carbonyl (C=O) groups is 2. The number of nitrogens with one attached hydrogen (secondary N) is 1. The molecular weight excluding hydrogens is 254 g/mol. The van der Waals surface area contributed by atoms with Crippen LogP contribution in [0.15, 0.2) is 30.3 Å². The van der Waals surface area contributed by atoms with Gasteiger partial charge in [0.1, 0.15) is 0 Å². The van der Waals surface area contributed by atoms with E-state index in [4.69, 9.17) is 5.11 Å². The third-order valence-electron chi connectivity index (χ3n) is 3.90. The van der Waals surface area contributed by atoms with Crippen LogP contribution < -0.4 is 5.32 Å². The molecule has 1 aromatic carbocycles. The van der Waals surface area contributed by atoms with E-state index >= 15 is 0 Å². The van der Waals surface area contributed by atoms with E-state index in [-0.39, 0.29) is 18.4 Å². The topological polar surface area (TPSA) is 66.4 Å². The molecule has 2 N–H and O–H groups in total. The van der Waals surface area contributed by atoms with Gasteiger partial charge in [-0.3, -0.25) is 9.59 Å². The molecule has 1 aliphatic rings. The van der Waals surface area contributed by atoms with Crippen LogP contribution in [0, 0.1) is 0 Å². The summed E-state index contributed by atoms with van der Waals surface area (Å²) in [6.45, 7) is 1.99. The van der Waals surface area contributed by atoms with Gasteiger partial charge in [-0.05, 0) is 24.8 Å². The highest BCUT2D eigenvalue weighted by molar-refractivity contribution is 5.91. The van der Waals surface area contributed by atoms with E-state index in [1.54, 1.807) is 0 Å². The fraction of sp³-hybridized carbons (Fsp3) is 0.500. The fourth-order valence-electron chi connectivity index (χ4n) is 2.64. The number of carboxylic acid groups (broad SMARTS) is 1. The summed E-state index contributed by atoms with van der Waals surface area (Å²) in [5.41, 5.74) is 0.606. The van der Waals surface area contributed by atoms with E-state index in [1.807, 2.05) is 37.3 Å². The van der Waals surface area contributed by atoms with Gasteiger partial charge in [0.2, 0.25) is 5.91 Å². The Morgan fingerprint density at radius 3 is 2.45 bits per heavy atom. The SMILES string of the molecule is CCCC(CC(=O)O)NC(=O)C1(c2ccccc2)CC1. The number of rotatable bonds is 7. The summed E-state index contributed by atoms with van der Waals surface area (Å²) in [6, 6.07) is 9.47. The Morgan fingerprint density at radius 1 is 1.30 bits per heavy atom. The molecule has 1 atom stereocenters. The minimum absolute atomic E-state index is 0.00947. The van der Waals surface area contributed by atoms with E-state index in [9.17, 15) is 9.59 Å². The van der Waals surface area contributed by atoms with Crippen molar-refractivity contribution in [3.63, 3.8) is 0 Å². The summed E-state index contributed by atoms with van der Waals surface area (Å²) in [7, 11) is 0. The molecule has 1 unspecified atom stereocenters. The first-order valence-electron chi connectivity index (χ1n) is 7.17. The molecule has 20 heavy (non-hydrogen) atoms. The van der Waals surface area contributed by atoms with Crippen molar-refractivity contribution in [2.75, 3.05) is 0 Å². The number of carbonyl (C=O) groups excluding carboxylic acids is 1. The van der Waals surface area contributed by atoms with Gasteiger partial charge in [-0.2, -0.15) is 0 Å². The van der Waals surface area contributed by atoms with Crippen molar-refractivity contribution in [2.45, 2.75) is 50.5 Å². The number of hydrogen-bond acceptors (Lipinski definition) is 2. The Kier molecular flexibility index (Phi) is 4.42. The lowest BCUT2D eigenvalue weighted by Crippen LogP contribution is -2.42. The molecule has 0 saturated heterocycles. The van der Waals surface area contributed by atoms with Crippen molar-refractivity contribution in [1.29, 1.82) is 0 Å². The molecule has 0 aromatic heterocycles. The molecule has 0 aliphatic heterocycles. The van der Waals surface area contributed by atoms with Gasteiger partial charge in [0.05, 0.1) is 11.8 Å². The minimum Gasteiger partial charge on any atom is -0.481 e. The Labute approximate surface area is 119 Å². The minimum atomic E-state index is -0.867. The van der Waals surface area contributed by atoms with Crippen LogP contribution in [-0.4, -0.2) is 23.0 Å². The van der Waals surface area contributed by atoms with Gasteiger partial charge in [0, 0.05) is 6.04 Å². The van der Waals surface area contributed by atoms with E-state index in [0.717, 1.165) is 24.8 Å². The molecule has 0 spiro atoms. The second-order valence-electron chi connectivity index (χ2n) is 5.51. The molecule has 2 rings (SSSR count). The third-order valence-corrected chi connectivity index (χ3v) is 3.90. The third kappa shape index (κ3) is 3.18. The number of aliphatic carboxylic acids is 1. The average Bonchev–Trinajstić information content (AvgIpc) is 3.20. The lowest BCUT2D eigenvalue weighted by molar-refractivity contribution is -0.137. The van der Waals surface area contributed by atoms with Crippen LogP contribution in [-0.2, 0) is 15.0 Å². The van der Waals surface area contributed by atoms with Crippen LogP contribution in [0.4, 0.5) is 0 Å². The number of hydrogen-bond donors (Lipinski definition) is 2. The van der Waals surface area contributed by atoms with Gasteiger partial charge in [0.15, 0.2) is 0 Å². The maximum atomic E-state index is 12.5. The second kappa shape index (κ2) is 6.07. The maximum absolute atomic E-state index is 12.5. The van der Waals surface area contributed by atoms with Crippen LogP contribution in [0.1, 0.15) is 44.6 Å². The lowest BCUT2D eigenvalue weighted by atomic mass is 9.94. The molecule has 1 aromatic rings. The van der Waals surface area contributed by atoms with Gasteiger partial charge in [-0.15, -0.1) is 0 Å². The first-order valence-corrected chi connectivity index (χ1v) is 7.17. The summed E-state index contributed by atoms with van der Waals surface area (Å²) < 4.78 is 0. The Bertz CT molecular complexity index is 480. The molecule has 0 heterocycles. The molecule has 0 bridgehead atoms. The van der Waals surface area contributed by atoms with Crippen molar-refractivity contribution >= 4 is 11.9 Å². The summed E-state index contributed by atoms with van der Waals surface area (Å²) in [5.74, 6) is -0.892. The van der Waals surface area contributed by atoms with Crippen molar-refractivity contribution in [3.8, 4) is 0 Å². The molecule has 0 radical (unpaired) electrons. The molecule has 4 heteroatoms. The summed E-state index contributed by atoms with van der Waals surface area (Å²) in [6.07, 6.45) is 3.23. The van der Waals surface area contributed by atoms with Crippen molar-refractivity contribution in [1.82, 2.24) is 5.32 Å². The molecule has 108 valence electrons. The van der Waals surface area contributed by atoms with Crippen LogP contribution in [0.3, 0.4) is 0 Å². The van der Waals surface area contributed by atoms with E-state index in [0.29, 0.717) is 6.42 Å². The molecule has 1 saturated carbocycles. The van der Waals surface area contributed by atoms with Crippen LogP contribution in [0.5, 0.6) is 0 Å². The van der Waals surface area contributed by atoms with Gasteiger partial charge >= 0.3 is 5.97 Å². The van der Waals surface area contributed by atoms with Crippen LogP contribution in [0.25, 0.3) is 0 Å². The molecular formula is C16H21NO3. The smallest absolute Gasteiger partial charge is 0.305 e. The first-order chi connectivity index (χ1) is 9.58. The molecule has 1 amide bonds. The van der Waals surface area contributed by atoms with Crippen molar-refractivity contribution < 1.29 is 14.7 Å².